The molecule has 0 nitrogen and oxygen atoms in total. The summed E-state index contributed by atoms with van der Waals surface area (Å²) in [6, 6.07) is 17.0. The molecule has 0 N–H and O–H groups in total. The van der Waals surface area contributed by atoms with Gasteiger partial charge in [0.15, 0.2) is 0 Å². The van der Waals surface area contributed by atoms with E-state index >= 15 is 0 Å². The third-order valence-electron chi connectivity index (χ3n) is 4.54. The molecule has 132 valence electrons. The maximum Gasteiger partial charge on any atom is 0.140 e. The highest BCUT2D eigenvalue weighted by atomic mass is 19.1. The molecule has 3 aromatic carbocycles. The molecule has 0 aromatic heterocycles. The summed E-state index contributed by atoms with van der Waals surface area (Å²) in [6.45, 7) is 8.23. The van der Waals surface area contributed by atoms with Crippen LogP contribution >= 0.6 is 0 Å². The van der Waals surface area contributed by atoms with E-state index in [0.29, 0.717) is 11.1 Å². The Labute approximate surface area is 161 Å². The summed E-state index contributed by atoms with van der Waals surface area (Å²) < 4.78 is 14.4. The molecule has 0 aliphatic heterocycles. The number of hydrogen-bond acceptors (Lipinski definition) is 0. The Bertz CT molecular complexity index is 1110. The number of rotatable bonds is 0. The summed E-state index contributed by atoms with van der Waals surface area (Å²) in [5.41, 5.74) is 7.63. The largest absolute Gasteiger partial charge is 0.206 e. The molecule has 0 radical (unpaired) electrons. The van der Waals surface area contributed by atoms with Crippen molar-refractivity contribution < 1.29 is 4.39 Å². The van der Waals surface area contributed by atoms with Gasteiger partial charge in [-0.15, -0.1) is 0 Å². The number of hydrogen-bond donors (Lipinski definition) is 0. The number of benzene rings is 3. The van der Waals surface area contributed by atoms with Crippen LogP contribution in [0.2, 0.25) is 0 Å². The van der Waals surface area contributed by atoms with Gasteiger partial charge in [0, 0.05) is 16.7 Å². The van der Waals surface area contributed by atoms with Gasteiger partial charge in [0.1, 0.15) is 5.82 Å². The van der Waals surface area contributed by atoms with E-state index in [4.69, 9.17) is 0 Å². The Morgan fingerprint density at radius 3 is 1.85 bits per heavy atom. The summed E-state index contributed by atoms with van der Waals surface area (Å²) >= 11 is 0. The summed E-state index contributed by atoms with van der Waals surface area (Å²) in [6.07, 6.45) is 0. The molecule has 0 saturated carbocycles. The first kappa shape index (κ1) is 18.5. The van der Waals surface area contributed by atoms with Gasteiger partial charge in [-0.3, -0.25) is 0 Å². The smallest absolute Gasteiger partial charge is 0.140 e. The molecule has 0 fully saturated rings. The second-order valence-electron chi connectivity index (χ2n) is 6.81. The lowest BCUT2D eigenvalue weighted by Crippen LogP contribution is -1.89. The van der Waals surface area contributed by atoms with E-state index in [1.807, 2.05) is 44.2 Å². The summed E-state index contributed by atoms with van der Waals surface area (Å²) in [4.78, 5) is 0. The first-order valence-electron chi connectivity index (χ1n) is 8.90. The Hall–Kier alpha value is -3.29. The van der Waals surface area contributed by atoms with Gasteiger partial charge in [-0.25, -0.2) is 4.39 Å². The molecule has 0 aliphatic rings. The molecule has 0 unspecified atom stereocenters. The predicted octanol–water partition coefficient (Wildman–Crippen LogP) is 5.86. The van der Waals surface area contributed by atoms with Crippen molar-refractivity contribution >= 4 is 0 Å². The predicted molar refractivity (Wildman–Crippen MR) is 110 cm³/mol. The van der Waals surface area contributed by atoms with E-state index in [2.05, 4.69) is 49.7 Å². The van der Waals surface area contributed by atoms with Crippen molar-refractivity contribution in [1.29, 1.82) is 0 Å². The van der Waals surface area contributed by atoms with E-state index in [1.165, 1.54) is 22.8 Å². The fourth-order valence-electron chi connectivity index (χ4n) is 2.71. The topological polar surface area (TPSA) is 0 Å². The van der Waals surface area contributed by atoms with E-state index in [1.54, 1.807) is 6.07 Å². The van der Waals surface area contributed by atoms with Crippen LogP contribution in [0.5, 0.6) is 0 Å². The molecule has 27 heavy (non-hydrogen) atoms. The van der Waals surface area contributed by atoms with Crippen LogP contribution in [0.1, 0.15) is 44.5 Å². The van der Waals surface area contributed by atoms with Crippen molar-refractivity contribution in [3.63, 3.8) is 0 Å². The van der Waals surface area contributed by atoms with Crippen molar-refractivity contribution in [2.75, 3.05) is 0 Å². The Kier molecular flexibility index (Phi) is 5.44. The van der Waals surface area contributed by atoms with Gasteiger partial charge >= 0.3 is 0 Å². The van der Waals surface area contributed by atoms with Crippen molar-refractivity contribution in [2.24, 2.45) is 0 Å². The lowest BCUT2D eigenvalue weighted by molar-refractivity contribution is 0.624. The van der Waals surface area contributed by atoms with Crippen LogP contribution < -0.4 is 0 Å². The highest BCUT2D eigenvalue weighted by Gasteiger charge is 2.01. The van der Waals surface area contributed by atoms with Crippen molar-refractivity contribution in [1.82, 2.24) is 0 Å². The zero-order valence-corrected chi connectivity index (χ0v) is 16.1. The average molecular weight is 352 g/mol. The lowest BCUT2D eigenvalue weighted by atomic mass is 10.0. The third kappa shape index (κ3) is 4.66. The second kappa shape index (κ2) is 7.94. The quantitative estimate of drug-likeness (QED) is 0.445. The van der Waals surface area contributed by atoms with Gasteiger partial charge in [0.05, 0.1) is 5.56 Å². The van der Waals surface area contributed by atoms with Gasteiger partial charge < -0.3 is 0 Å². The highest BCUT2D eigenvalue weighted by molar-refractivity contribution is 5.51. The second-order valence-corrected chi connectivity index (χ2v) is 6.81. The summed E-state index contributed by atoms with van der Waals surface area (Å²) in [5, 5.41) is 0. The molecule has 0 bridgehead atoms. The maximum atomic E-state index is 14.4. The van der Waals surface area contributed by atoms with Gasteiger partial charge in [0.25, 0.3) is 0 Å². The van der Waals surface area contributed by atoms with Crippen molar-refractivity contribution in [2.45, 2.75) is 27.7 Å². The first-order valence-corrected chi connectivity index (χ1v) is 8.90. The molecule has 0 amide bonds. The van der Waals surface area contributed by atoms with E-state index in [0.717, 1.165) is 16.7 Å². The van der Waals surface area contributed by atoms with Gasteiger partial charge in [0.2, 0.25) is 0 Å². The first-order chi connectivity index (χ1) is 12.9. The molecule has 0 spiro atoms. The Morgan fingerprint density at radius 2 is 1.15 bits per heavy atom. The van der Waals surface area contributed by atoms with Crippen LogP contribution in [0.4, 0.5) is 4.39 Å². The molecule has 3 aromatic rings. The molecule has 0 atom stereocenters. The third-order valence-corrected chi connectivity index (χ3v) is 4.54. The van der Waals surface area contributed by atoms with E-state index < -0.39 is 0 Å². The Balaban J connectivity index is 1.84. The van der Waals surface area contributed by atoms with Crippen molar-refractivity contribution in [3.8, 4) is 23.7 Å². The van der Waals surface area contributed by atoms with Gasteiger partial charge in [-0.2, -0.15) is 0 Å². The van der Waals surface area contributed by atoms with Gasteiger partial charge in [-0.1, -0.05) is 47.4 Å². The van der Waals surface area contributed by atoms with Crippen LogP contribution in [-0.2, 0) is 0 Å². The minimum Gasteiger partial charge on any atom is -0.206 e. The number of aryl methyl sites for hydroxylation is 4. The minimum atomic E-state index is -0.349. The zero-order chi connectivity index (χ0) is 19.4. The average Bonchev–Trinajstić information content (AvgIpc) is 2.64. The van der Waals surface area contributed by atoms with Crippen LogP contribution in [0.25, 0.3) is 0 Å². The summed E-state index contributed by atoms with van der Waals surface area (Å²) in [7, 11) is 0. The normalized spacial score (nSPS) is 9.81. The van der Waals surface area contributed by atoms with Crippen LogP contribution in [-0.4, -0.2) is 0 Å². The van der Waals surface area contributed by atoms with E-state index in [9.17, 15) is 4.39 Å². The van der Waals surface area contributed by atoms with Crippen molar-refractivity contribution in [3.05, 3.63) is 105 Å². The fourth-order valence-corrected chi connectivity index (χ4v) is 2.71. The maximum absolute atomic E-state index is 14.4. The SMILES string of the molecule is Cc1ccc(C#Cc2ccc(C#Cc3cc(C)c(C)cc3C)cc2F)cc1. The standard InChI is InChI=1S/C26H21F/c1-18-5-7-22(8-6-18)9-12-24-13-10-23(17-26(24)27)11-14-25-16-20(3)19(2)15-21(25)4/h5-8,10,13,15-17H,1-4H3. The molecule has 0 saturated heterocycles. The van der Waals surface area contributed by atoms with Crippen LogP contribution in [0, 0.1) is 57.2 Å². The van der Waals surface area contributed by atoms with Gasteiger partial charge in [-0.05, 0) is 80.8 Å². The fraction of sp³-hybridized carbons (Fsp3) is 0.154. The highest BCUT2D eigenvalue weighted by Crippen LogP contribution is 2.15. The molecular formula is C26H21F. The number of halogens is 1. The molecule has 0 aliphatic carbocycles. The minimum absolute atomic E-state index is 0.349. The molecule has 3 rings (SSSR count). The molecule has 1 heteroatoms. The van der Waals surface area contributed by atoms with E-state index in [-0.39, 0.29) is 5.82 Å². The van der Waals surface area contributed by atoms with Crippen LogP contribution in [0.3, 0.4) is 0 Å². The van der Waals surface area contributed by atoms with Crippen LogP contribution in [0.15, 0.2) is 54.6 Å². The Morgan fingerprint density at radius 1 is 0.556 bits per heavy atom. The lowest BCUT2D eigenvalue weighted by Gasteiger charge is -2.04. The summed E-state index contributed by atoms with van der Waals surface area (Å²) in [5.74, 6) is 11.8. The zero-order valence-electron chi connectivity index (χ0n) is 16.1. The monoisotopic (exact) mass is 352 g/mol. The molecular weight excluding hydrogens is 331 g/mol. The molecule has 0 heterocycles.